The summed E-state index contributed by atoms with van der Waals surface area (Å²) in [6.45, 7) is 1.31. The van der Waals surface area contributed by atoms with Gasteiger partial charge in [-0.25, -0.2) is 4.98 Å². The molecule has 3 heterocycles. The minimum Gasteiger partial charge on any atom is -0.390 e. The van der Waals surface area contributed by atoms with Gasteiger partial charge < -0.3 is 25.5 Å². The van der Waals surface area contributed by atoms with E-state index in [9.17, 15) is 9.90 Å². The Morgan fingerprint density at radius 1 is 1.30 bits per heavy atom. The van der Waals surface area contributed by atoms with Crippen LogP contribution in [0.3, 0.4) is 0 Å². The largest absolute Gasteiger partial charge is 0.390 e. The van der Waals surface area contributed by atoms with Gasteiger partial charge in [-0.2, -0.15) is 0 Å². The first-order valence-electron chi connectivity index (χ1n) is 11.4. The van der Waals surface area contributed by atoms with E-state index in [0.29, 0.717) is 35.9 Å². The molecule has 7 rings (SSSR count). The lowest BCUT2D eigenvalue weighted by Gasteiger charge is -2.58. The number of amides is 1. The smallest absolute Gasteiger partial charge is 0.255 e. The minimum atomic E-state index is -0.460. The molecule has 4 aliphatic carbocycles. The monoisotopic (exact) mass is 410 g/mol. The number of pyridine rings is 1. The number of nitrogens with one attached hydrogen (secondary N) is 3. The Balaban J connectivity index is 1.28. The van der Waals surface area contributed by atoms with E-state index in [1.165, 1.54) is 12.8 Å². The molecule has 2 aromatic rings. The van der Waals surface area contributed by atoms with Crippen molar-refractivity contribution in [1.82, 2.24) is 15.3 Å². The summed E-state index contributed by atoms with van der Waals surface area (Å²) >= 11 is 0. The summed E-state index contributed by atoms with van der Waals surface area (Å²) in [6.07, 6.45) is 10.8. The molecule has 3 unspecified atom stereocenters. The summed E-state index contributed by atoms with van der Waals surface area (Å²) in [7, 11) is 0. The van der Waals surface area contributed by atoms with E-state index in [0.717, 1.165) is 55.4 Å². The van der Waals surface area contributed by atoms with Gasteiger partial charge in [0, 0.05) is 37.0 Å². The van der Waals surface area contributed by atoms with Crippen LogP contribution in [0.5, 0.6) is 0 Å². The van der Waals surface area contributed by atoms with E-state index in [4.69, 9.17) is 4.74 Å². The third-order valence-corrected chi connectivity index (χ3v) is 7.90. The fourth-order valence-electron chi connectivity index (χ4n) is 6.83. The van der Waals surface area contributed by atoms with E-state index in [-0.39, 0.29) is 12.0 Å². The lowest BCUT2D eigenvalue weighted by molar-refractivity contribution is -0.129. The first-order chi connectivity index (χ1) is 14.6. The Kier molecular flexibility index (Phi) is 4.32. The van der Waals surface area contributed by atoms with Gasteiger partial charge >= 0.3 is 0 Å². The highest BCUT2D eigenvalue weighted by Crippen LogP contribution is 2.56. The fraction of sp³-hybridized carbons (Fsp3) is 0.652. The van der Waals surface area contributed by atoms with Gasteiger partial charge in [0.15, 0.2) is 0 Å². The van der Waals surface area contributed by atoms with Gasteiger partial charge in [0.2, 0.25) is 0 Å². The van der Waals surface area contributed by atoms with Gasteiger partial charge in [-0.15, -0.1) is 0 Å². The van der Waals surface area contributed by atoms with Crippen LogP contribution in [0.2, 0.25) is 0 Å². The van der Waals surface area contributed by atoms with Crippen molar-refractivity contribution < 1.29 is 14.6 Å². The molecule has 2 aromatic heterocycles. The Morgan fingerprint density at radius 2 is 2.13 bits per heavy atom. The molecule has 4 bridgehead atoms. The van der Waals surface area contributed by atoms with E-state index in [2.05, 4.69) is 20.6 Å². The summed E-state index contributed by atoms with van der Waals surface area (Å²) in [5.74, 6) is 1.48. The number of carbonyl (C=O) groups excluding carboxylic acids is 1. The van der Waals surface area contributed by atoms with Gasteiger partial charge in [-0.1, -0.05) is 0 Å². The molecule has 7 nitrogen and oxygen atoms in total. The van der Waals surface area contributed by atoms with Gasteiger partial charge in [-0.05, 0) is 68.8 Å². The van der Waals surface area contributed by atoms with Crippen molar-refractivity contribution in [3.63, 3.8) is 0 Å². The van der Waals surface area contributed by atoms with Crippen molar-refractivity contribution in [2.45, 2.75) is 62.7 Å². The molecule has 0 spiro atoms. The number of ether oxygens (including phenoxy) is 1. The minimum absolute atomic E-state index is 0.106. The third kappa shape index (κ3) is 3.10. The zero-order chi connectivity index (χ0) is 20.3. The van der Waals surface area contributed by atoms with Crippen LogP contribution in [0.15, 0.2) is 18.5 Å². The number of hydrogen-bond acceptors (Lipinski definition) is 5. The molecule has 4 N–H and O–H groups in total. The summed E-state index contributed by atoms with van der Waals surface area (Å²) in [4.78, 5) is 20.7. The number of aromatic nitrogens is 2. The molecular formula is C23H30N4O3. The molecule has 7 heteroatoms. The lowest BCUT2D eigenvalue weighted by Crippen LogP contribution is -2.59. The van der Waals surface area contributed by atoms with Crippen LogP contribution in [0.1, 0.15) is 55.3 Å². The molecule has 1 aliphatic heterocycles. The summed E-state index contributed by atoms with van der Waals surface area (Å²) < 4.78 is 5.65. The highest BCUT2D eigenvalue weighted by atomic mass is 16.5. The average molecular weight is 411 g/mol. The number of aliphatic hydroxyl groups is 1. The van der Waals surface area contributed by atoms with E-state index >= 15 is 0 Å². The van der Waals surface area contributed by atoms with Crippen LogP contribution in [0, 0.1) is 17.8 Å². The van der Waals surface area contributed by atoms with Crippen LogP contribution < -0.4 is 10.6 Å². The maximum absolute atomic E-state index is 13.1. The number of hydrogen-bond donors (Lipinski definition) is 4. The van der Waals surface area contributed by atoms with E-state index in [1.54, 1.807) is 6.20 Å². The molecular weight excluding hydrogens is 380 g/mol. The summed E-state index contributed by atoms with van der Waals surface area (Å²) in [5.41, 5.74) is 1.79. The van der Waals surface area contributed by atoms with Crippen LogP contribution in [0.25, 0.3) is 11.0 Å². The number of H-pyrrole nitrogens is 1. The molecule has 0 radical (unpaired) electrons. The van der Waals surface area contributed by atoms with Crippen molar-refractivity contribution in [2.24, 2.45) is 17.8 Å². The topological polar surface area (TPSA) is 99.3 Å². The maximum Gasteiger partial charge on any atom is 0.255 e. The molecule has 1 amide bonds. The predicted octanol–water partition coefficient (Wildman–Crippen LogP) is 2.82. The van der Waals surface area contributed by atoms with Crippen molar-refractivity contribution in [1.29, 1.82) is 0 Å². The molecule has 3 atom stereocenters. The second kappa shape index (κ2) is 6.95. The Hall–Kier alpha value is -2.12. The van der Waals surface area contributed by atoms with Crippen molar-refractivity contribution in [3.8, 4) is 0 Å². The number of carbonyl (C=O) groups is 1. The molecule has 4 saturated carbocycles. The fourth-order valence-corrected chi connectivity index (χ4v) is 6.83. The Morgan fingerprint density at radius 3 is 2.87 bits per heavy atom. The van der Waals surface area contributed by atoms with Crippen LogP contribution >= 0.6 is 0 Å². The molecule has 1 saturated heterocycles. The highest BCUT2D eigenvalue weighted by molar-refractivity contribution is 6.06. The number of anilines is 1. The van der Waals surface area contributed by atoms with Crippen molar-refractivity contribution in [2.75, 3.05) is 18.5 Å². The quantitative estimate of drug-likeness (QED) is 0.608. The molecule has 5 aliphatic rings. The zero-order valence-corrected chi connectivity index (χ0v) is 17.2. The predicted molar refractivity (Wildman–Crippen MR) is 113 cm³/mol. The van der Waals surface area contributed by atoms with Crippen molar-refractivity contribution >= 4 is 22.6 Å². The van der Waals surface area contributed by atoms with Crippen LogP contribution in [0.4, 0.5) is 5.69 Å². The molecule has 30 heavy (non-hydrogen) atoms. The molecule has 5 fully saturated rings. The Bertz CT molecular complexity index is 951. The molecule has 160 valence electrons. The van der Waals surface area contributed by atoms with E-state index < -0.39 is 5.60 Å². The number of fused-ring (bicyclic) bond motifs is 1. The summed E-state index contributed by atoms with van der Waals surface area (Å²) in [6, 6.07) is 2.29. The second-order valence-electron chi connectivity index (χ2n) is 10.00. The number of aromatic amines is 1. The van der Waals surface area contributed by atoms with Gasteiger partial charge in [0.25, 0.3) is 5.91 Å². The number of rotatable bonds is 5. The maximum atomic E-state index is 13.1. The highest BCUT2D eigenvalue weighted by Gasteiger charge is 2.54. The average Bonchev–Trinajstić information content (AvgIpc) is 3.39. The zero-order valence-electron chi connectivity index (χ0n) is 17.2. The summed E-state index contributed by atoms with van der Waals surface area (Å²) in [5, 5.41) is 18.7. The standard InChI is InChI=1S/C23H30N4O3/c28-22(26-11-16-2-1-5-30-16)18-12-25-21-17(3-4-24-21)20(18)27-19-14-6-13-7-15(19)10-23(29,8-13)9-14/h3-4,12-16,19,29H,1-2,5-11H2,(H,26,28)(H2,24,25,27). The third-order valence-electron chi connectivity index (χ3n) is 7.90. The SMILES string of the molecule is O=C(NCC1CCCO1)c1cnc2[nH]ccc2c1NC1C2CC3CC1CC(O)(C3)C2. The second-order valence-corrected chi connectivity index (χ2v) is 10.00. The lowest BCUT2D eigenvalue weighted by atomic mass is 9.52. The van der Waals surface area contributed by atoms with E-state index in [1.807, 2.05) is 12.3 Å². The van der Waals surface area contributed by atoms with Gasteiger partial charge in [0.1, 0.15) is 5.65 Å². The first-order valence-corrected chi connectivity index (χ1v) is 11.4. The number of nitrogens with zero attached hydrogens (tertiary/aromatic N) is 1. The van der Waals surface area contributed by atoms with Gasteiger partial charge in [0.05, 0.1) is 23.0 Å². The first kappa shape index (κ1) is 18.6. The van der Waals surface area contributed by atoms with Gasteiger partial charge in [-0.3, -0.25) is 4.79 Å². The van der Waals surface area contributed by atoms with Crippen molar-refractivity contribution in [3.05, 3.63) is 24.0 Å². The normalized spacial score (nSPS) is 37.0. The Labute approximate surface area is 176 Å². The molecule has 0 aromatic carbocycles. The van der Waals surface area contributed by atoms with Crippen LogP contribution in [-0.2, 0) is 4.74 Å². The van der Waals surface area contributed by atoms with Crippen LogP contribution in [-0.4, -0.2) is 51.9 Å².